The Morgan fingerprint density at radius 1 is 1.05 bits per heavy atom. The van der Waals surface area contributed by atoms with Gasteiger partial charge in [0.1, 0.15) is 0 Å². The van der Waals surface area contributed by atoms with E-state index in [0.29, 0.717) is 30.9 Å². The van der Waals surface area contributed by atoms with Crippen molar-refractivity contribution in [3.63, 3.8) is 0 Å². The minimum atomic E-state index is -0.243. The fraction of sp³-hybridized carbons (Fsp3) is 0.316. The summed E-state index contributed by atoms with van der Waals surface area (Å²) >= 11 is 0. The largest absolute Gasteiger partial charge is 0.490 e. The monoisotopic (exact) mass is 298 g/mol. The average molecular weight is 298 g/mol. The Bertz CT molecular complexity index is 647. The third-order valence-electron chi connectivity index (χ3n) is 3.48. The first-order valence-corrected chi connectivity index (χ1v) is 7.58. The predicted molar refractivity (Wildman–Crippen MR) is 87.5 cm³/mol. The Labute approximate surface area is 131 Å². The Kier molecular flexibility index (Phi) is 5.59. The number of rotatable bonds is 6. The molecule has 0 saturated heterocycles. The molecule has 0 aliphatic carbocycles. The summed E-state index contributed by atoms with van der Waals surface area (Å²) in [7, 11) is 0. The number of hydrogen-bond acceptors (Lipinski definition) is 3. The lowest BCUT2D eigenvalue weighted by Gasteiger charge is -2.11. The lowest BCUT2D eigenvalue weighted by molar-refractivity contribution is -0.134. The van der Waals surface area contributed by atoms with Crippen molar-refractivity contribution in [3.05, 3.63) is 59.2 Å². The average Bonchev–Trinajstić information content (AvgIpc) is 2.49. The van der Waals surface area contributed by atoms with E-state index in [9.17, 15) is 4.79 Å². The quantitative estimate of drug-likeness (QED) is 0.591. The predicted octanol–water partition coefficient (Wildman–Crippen LogP) is 4.24. The third-order valence-corrected chi connectivity index (χ3v) is 3.48. The molecular weight excluding hydrogens is 276 g/mol. The maximum absolute atomic E-state index is 12.1. The summed E-state index contributed by atoms with van der Waals surface area (Å²) in [6.45, 7) is 6.48. The van der Waals surface area contributed by atoms with Crippen LogP contribution < -0.4 is 9.47 Å². The number of carbonyl (C=O) groups excluding carboxylic acids is 1. The van der Waals surface area contributed by atoms with Crippen LogP contribution in [0.5, 0.6) is 11.5 Å². The molecular formula is C19H22O3. The van der Waals surface area contributed by atoms with Crippen LogP contribution in [0.1, 0.15) is 30.0 Å². The summed E-state index contributed by atoms with van der Waals surface area (Å²) in [6, 6.07) is 13.7. The van der Waals surface area contributed by atoms with Gasteiger partial charge in [0.25, 0.3) is 0 Å². The molecule has 22 heavy (non-hydrogen) atoms. The van der Waals surface area contributed by atoms with E-state index in [1.54, 1.807) is 6.07 Å². The van der Waals surface area contributed by atoms with E-state index in [2.05, 4.69) is 0 Å². The molecule has 0 spiro atoms. The second kappa shape index (κ2) is 7.64. The molecule has 0 saturated carbocycles. The second-order valence-electron chi connectivity index (χ2n) is 5.28. The number of ether oxygens (including phenoxy) is 2. The summed E-state index contributed by atoms with van der Waals surface area (Å²) in [5.41, 5.74) is 3.44. The Morgan fingerprint density at radius 2 is 1.82 bits per heavy atom. The smallest absolute Gasteiger partial charge is 0.311 e. The van der Waals surface area contributed by atoms with Crippen molar-refractivity contribution in [2.24, 2.45) is 0 Å². The molecule has 0 aliphatic rings. The molecule has 0 aliphatic heterocycles. The van der Waals surface area contributed by atoms with Gasteiger partial charge in [0, 0.05) is 6.42 Å². The van der Waals surface area contributed by atoms with Gasteiger partial charge in [-0.15, -0.1) is 0 Å². The third kappa shape index (κ3) is 4.35. The standard InChI is InChI=1S/C19H22O3/c1-4-21-18-13-14(2)9-11-17(18)22-19(20)12-10-16-8-6-5-7-15(16)3/h5-9,11,13H,4,10,12H2,1-3H3. The Balaban J connectivity index is 1.99. The normalized spacial score (nSPS) is 10.3. The van der Waals surface area contributed by atoms with Crippen LogP contribution >= 0.6 is 0 Å². The highest BCUT2D eigenvalue weighted by Crippen LogP contribution is 2.28. The molecule has 116 valence electrons. The van der Waals surface area contributed by atoms with Crippen LogP contribution in [0.4, 0.5) is 0 Å². The van der Waals surface area contributed by atoms with Gasteiger partial charge < -0.3 is 9.47 Å². The van der Waals surface area contributed by atoms with E-state index in [-0.39, 0.29) is 5.97 Å². The molecule has 0 heterocycles. The highest BCUT2D eigenvalue weighted by atomic mass is 16.6. The van der Waals surface area contributed by atoms with E-state index in [1.165, 1.54) is 11.1 Å². The maximum Gasteiger partial charge on any atom is 0.311 e. The first-order valence-electron chi connectivity index (χ1n) is 7.58. The lowest BCUT2D eigenvalue weighted by atomic mass is 10.0. The fourth-order valence-corrected chi connectivity index (χ4v) is 2.27. The number of esters is 1. The van der Waals surface area contributed by atoms with Gasteiger partial charge in [0.05, 0.1) is 6.61 Å². The van der Waals surface area contributed by atoms with Gasteiger partial charge in [-0.3, -0.25) is 4.79 Å². The van der Waals surface area contributed by atoms with Gasteiger partial charge in [-0.1, -0.05) is 30.3 Å². The van der Waals surface area contributed by atoms with Gasteiger partial charge in [0.15, 0.2) is 11.5 Å². The van der Waals surface area contributed by atoms with Crippen molar-refractivity contribution in [1.29, 1.82) is 0 Å². The number of benzene rings is 2. The molecule has 0 atom stereocenters. The molecule has 2 aromatic carbocycles. The van der Waals surface area contributed by atoms with Crippen LogP contribution in [0.3, 0.4) is 0 Å². The molecule has 0 unspecified atom stereocenters. The van der Waals surface area contributed by atoms with Gasteiger partial charge in [0.2, 0.25) is 0 Å². The molecule has 3 heteroatoms. The molecule has 0 amide bonds. The van der Waals surface area contributed by atoms with Gasteiger partial charge in [-0.25, -0.2) is 0 Å². The summed E-state index contributed by atoms with van der Waals surface area (Å²) in [5.74, 6) is 0.863. The minimum Gasteiger partial charge on any atom is -0.490 e. The van der Waals surface area contributed by atoms with Gasteiger partial charge in [-0.2, -0.15) is 0 Å². The fourth-order valence-electron chi connectivity index (χ4n) is 2.27. The van der Waals surface area contributed by atoms with Crippen molar-refractivity contribution in [2.75, 3.05) is 6.61 Å². The summed E-state index contributed by atoms with van der Waals surface area (Å²) in [6.07, 6.45) is 1.03. The summed E-state index contributed by atoms with van der Waals surface area (Å²) in [4.78, 5) is 12.1. The van der Waals surface area contributed by atoms with E-state index in [0.717, 1.165) is 5.56 Å². The van der Waals surface area contributed by atoms with Gasteiger partial charge in [-0.05, 0) is 56.0 Å². The molecule has 0 bridgehead atoms. The maximum atomic E-state index is 12.1. The number of aryl methyl sites for hydroxylation is 3. The van der Waals surface area contributed by atoms with Gasteiger partial charge >= 0.3 is 5.97 Å². The van der Waals surface area contributed by atoms with Crippen molar-refractivity contribution in [1.82, 2.24) is 0 Å². The number of hydrogen-bond donors (Lipinski definition) is 0. The molecule has 0 radical (unpaired) electrons. The van der Waals surface area contributed by atoms with Crippen LogP contribution in [0.25, 0.3) is 0 Å². The molecule has 2 aromatic rings. The van der Waals surface area contributed by atoms with E-state index in [1.807, 2.05) is 57.2 Å². The topological polar surface area (TPSA) is 35.5 Å². The van der Waals surface area contributed by atoms with Crippen molar-refractivity contribution < 1.29 is 14.3 Å². The Morgan fingerprint density at radius 3 is 2.55 bits per heavy atom. The second-order valence-corrected chi connectivity index (χ2v) is 5.28. The molecule has 0 fully saturated rings. The minimum absolute atomic E-state index is 0.243. The van der Waals surface area contributed by atoms with E-state index in [4.69, 9.17) is 9.47 Å². The molecule has 0 N–H and O–H groups in total. The van der Waals surface area contributed by atoms with Crippen molar-refractivity contribution >= 4 is 5.97 Å². The molecule has 3 nitrogen and oxygen atoms in total. The molecule has 0 aromatic heterocycles. The summed E-state index contributed by atoms with van der Waals surface area (Å²) in [5, 5.41) is 0. The first-order chi connectivity index (χ1) is 10.6. The zero-order valence-electron chi connectivity index (χ0n) is 13.4. The van der Waals surface area contributed by atoms with E-state index >= 15 is 0 Å². The zero-order valence-corrected chi connectivity index (χ0v) is 13.4. The highest BCUT2D eigenvalue weighted by molar-refractivity contribution is 5.73. The number of carbonyl (C=O) groups is 1. The summed E-state index contributed by atoms with van der Waals surface area (Å²) < 4.78 is 11.0. The SMILES string of the molecule is CCOc1cc(C)ccc1OC(=O)CCc1ccccc1C. The van der Waals surface area contributed by atoms with Crippen molar-refractivity contribution in [3.8, 4) is 11.5 Å². The van der Waals surface area contributed by atoms with E-state index < -0.39 is 0 Å². The highest BCUT2D eigenvalue weighted by Gasteiger charge is 2.11. The van der Waals surface area contributed by atoms with Crippen LogP contribution in [-0.2, 0) is 11.2 Å². The van der Waals surface area contributed by atoms with Crippen LogP contribution in [0.2, 0.25) is 0 Å². The van der Waals surface area contributed by atoms with Crippen LogP contribution in [0.15, 0.2) is 42.5 Å². The van der Waals surface area contributed by atoms with Crippen LogP contribution in [-0.4, -0.2) is 12.6 Å². The molecule has 2 rings (SSSR count). The lowest BCUT2D eigenvalue weighted by Crippen LogP contribution is -2.10. The zero-order chi connectivity index (χ0) is 15.9. The Hall–Kier alpha value is -2.29. The van der Waals surface area contributed by atoms with Crippen LogP contribution in [0, 0.1) is 13.8 Å². The van der Waals surface area contributed by atoms with Crippen molar-refractivity contribution in [2.45, 2.75) is 33.6 Å². The first kappa shape index (κ1) is 16.1.